The average Bonchev–Trinajstić information content (AvgIpc) is 3.08. The summed E-state index contributed by atoms with van der Waals surface area (Å²) >= 11 is 0. The molecule has 0 aliphatic carbocycles. The smallest absolute Gasteiger partial charge is 0.156 e. The van der Waals surface area contributed by atoms with Gasteiger partial charge in [0, 0.05) is 32.3 Å². The van der Waals surface area contributed by atoms with Crippen LogP contribution in [0, 0.1) is 6.92 Å². The maximum absolute atomic E-state index is 12.6. The van der Waals surface area contributed by atoms with Crippen molar-refractivity contribution in [1.82, 2.24) is 15.1 Å². The van der Waals surface area contributed by atoms with Gasteiger partial charge in [-0.25, -0.2) is 4.99 Å². The van der Waals surface area contributed by atoms with Crippen molar-refractivity contribution in [3.05, 3.63) is 47.3 Å². The Morgan fingerprint density at radius 3 is 2.69 bits per heavy atom. The van der Waals surface area contributed by atoms with Gasteiger partial charge in [0.05, 0.1) is 18.9 Å². The fourth-order valence-corrected chi connectivity index (χ4v) is 3.83. The molecule has 1 N–H and O–H groups in total. The van der Waals surface area contributed by atoms with E-state index in [4.69, 9.17) is 9.73 Å². The molecule has 4 rings (SSSR count). The van der Waals surface area contributed by atoms with Crippen molar-refractivity contribution in [2.45, 2.75) is 32.5 Å². The molecule has 0 aromatic heterocycles. The van der Waals surface area contributed by atoms with E-state index in [-0.39, 0.29) is 18.0 Å². The fraction of sp³-hybridized carbons (Fsp3) is 0.500. The summed E-state index contributed by atoms with van der Waals surface area (Å²) in [5.41, 5.74) is 3.37. The zero-order valence-electron chi connectivity index (χ0n) is 15.4. The van der Waals surface area contributed by atoms with Crippen LogP contribution in [0.1, 0.15) is 30.6 Å². The third-order valence-corrected chi connectivity index (χ3v) is 5.31. The number of amidine groups is 1. The minimum absolute atomic E-state index is 0.151. The van der Waals surface area contributed by atoms with E-state index >= 15 is 0 Å². The monoisotopic (exact) mass is 354 g/mol. The van der Waals surface area contributed by atoms with Gasteiger partial charge in [-0.2, -0.15) is 0 Å². The van der Waals surface area contributed by atoms with Gasteiger partial charge in [-0.15, -0.1) is 0 Å². The average molecular weight is 354 g/mol. The van der Waals surface area contributed by atoms with Gasteiger partial charge in [0.2, 0.25) is 0 Å². The number of nitrogens with one attached hydrogen (secondary N) is 1. The second kappa shape index (κ2) is 7.11. The Labute approximate surface area is 154 Å². The number of carbonyl (C=O) groups is 1. The highest BCUT2D eigenvalue weighted by molar-refractivity contribution is 6.01. The van der Waals surface area contributed by atoms with Crippen LogP contribution in [0.3, 0.4) is 0 Å². The number of benzene rings is 1. The summed E-state index contributed by atoms with van der Waals surface area (Å²) in [6, 6.07) is 8.28. The molecular formula is C20H26N4O2. The van der Waals surface area contributed by atoms with E-state index in [0.29, 0.717) is 26.2 Å². The summed E-state index contributed by atoms with van der Waals surface area (Å²) in [5.74, 6) is 1.22. The standard InChI is InChI=1S/C20H26N4O2/c1-3-18(25)16-12-21-13-17-20(23-8-10-26-11-9-23)22-19(24(16)17)15-6-4-14(2)5-7-15/h4-7,13,16,19,21H,3,8-12H2,1-2H3. The molecule has 0 spiro atoms. The molecule has 1 aromatic rings. The molecule has 0 amide bonds. The van der Waals surface area contributed by atoms with E-state index in [1.54, 1.807) is 0 Å². The van der Waals surface area contributed by atoms with Gasteiger partial charge in [-0.05, 0) is 12.5 Å². The number of aliphatic imine (C=N–C) groups is 1. The van der Waals surface area contributed by atoms with E-state index in [1.165, 1.54) is 5.56 Å². The number of Topliss-reactive ketones (excluding diaryl/α,β-unsaturated/α-hetero) is 1. The van der Waals surface area contributed by atoms with E-state index < -0.39 is 0 Å². The number of hydrogen-bond acceptors (Lipinski definition) is 6. The number of ether oxygens (including phenoxy) is 1. The third kappa shape index (κ3) is 2.98. The number of carbonyl (C=O) groups excluding carboxylic acids is 1. The van der Waals surface area contributed by atoms with Crippen LogP contribution in [-0.4, -0.2) is 60.3 Å². The van der Waals surface area contributed by atoms with Gasteiger partial charge in [-0.3, -0.25) is 4.79 Å². The molecule has 0 radical (unpaired) electrons. The molecule has 2 unspecified atom stereocenters. The molecule has 2 atom stereocenters. The molecule has 6 heteroatoms. The second-order valence-electron chi connectivity index (χ2n) is 7.02. The predicted octanol–water partition coefficient (Wildman–Crippen LogP) is 1.83. The second-order valence-corrected chi connectivity index (χ2v) is 7.02. The number of ketones is 1. The van der Waals surface area contributed by atoms with Gasteiger partial charge in [0.15, 0.2) is 11.6 Å². The highest BCUT2D eigenvalue weighted by Crippen LogP contribution is 2.37. The van der Waals surface area contributed by atoms with Crippen molar-refractivity contribution < 1.29 is 9.53 Å². The van der Waals surface area contributed by atoms with E-state index in [2.05, 4.69) is 46.3 Å². The van der Waals surface area contributed by atoms with E-state index in [9.17, 15) is 4.79 Å². The van der Waals surface area contributed by atoms with Crippen molar-refractivity contribution >= 4 is 11.6 Å². The first-order valence-corrected chi connectivity index (χ1v) is 9.41. The Bertz CT molecular complexity index is 735. The van der Waals surface area contributed by atoms with Gasteiger partial charge < -0.3 is 19.9 Å². The maximum atomic E-state index is 12.6. The van der Waals surface area contributed by atoms with Crippen molar-refractivity contribution in [2.75, 3.05) is 32.8 Å². The molecule has 0 bridgehead atoms. The van der Waals surface area contributed by atoms with Crippen LogP contribution in [-0.2, 0) is 9.53 Å². The lowest BCUT2D eigenvalue weighted by Crippen LogP contribution is -2.51. The number of morpholine rings is 1. The SMILES string of the molecule is CCC(=O)C1CNC=C2C(N3CCOCC3)=NC(c3ccc(C)cc3)N21. The van der Waals surface area contributed by atoms with Gasteiger partial charge in [-0.1, -0.05) is 36.8 Å². The zero-order chi connectivity index (χ0) is 18.1. The molecule has 6 nitrogen and oxygen atoms in total. The van der Waals surface area contributed by atoms with Crippen molar-refractivity contribution in [3.63, 3.8) is 0 Å². The van der Waals surface area contributed by atoms with Crippen LogP contribution < -0.4 is 5.32 Å². The largest absolute Gasteiger partial charge is 0.387 e. The van der Waals surface area contributed by atoms with Crippen LogP contribution >= 0.6 is 0 Å². The lowest BCUT2D eigenvalue weighted by molar-refractivity contribution is -0.123. The first-order valence-electron chi connectivity index (χ1n) is 9.41. The molecule has 0 saturated carbocycles. The van der Waals surface area contributed by atoms with Crippen LogP contribution in [0.2, 0.25) is 0 Å². The minimum atomic E-state index is -0.186. The quantitative estimate of drug-likeness (QED) is 0.898. The van der Waals surface area contributed by atoms with Crippen molar-refractivity contribution in [3.8, 4) is 0 Å². The molecule has 3 aliphatic rings. The summed E-state index contributed by atoms with van der Waals surface area (Å²) in [4.78, 5) is 22.2. The summed E-state index contributed by atoms with van der Waals surface area (Å²) in [7, 11) is 0. The third-order valence-electron chi connectivity index (χ3n) is 5.31. The first kappa shape index (κ1) is 17.1. The highest BCUT2D eigenvalue weighted by atomic mass is 16.5. The number of rotatable bonds is 3. The van der Waals surface area contributed by atoms with Crippen LogP contribution in [0.4, 0.5) is 0 Å². The molecule has 138 valence electrons. The molecule has 1 aromatic carbocycles. The number of hydrogen-bond donors (Lipinski definition) is 1. The number of nitrogens with zero attached hydrogens (tertiary/aromatic N) is 3. The predicted molar refractivity (Wildman–Crippen MR) is 101 cm³/mol. The first-order chi connectivity index (χ1) is 12.7. The van der Waals surface area contributed by atoms with Crippen molar-refractivity contribution in [2.24, 2.45) is 4.99 Å². The summed E-state index contributed by atoms with van der Waals surface area (Å²) < 4.78 is 5.50. The summed E-state index contributed by atoms with van der Waals surface area (Å²) in [6.45, 7) is 7.73. The van der Waals surface area contributed by atoms with Gasteiger partial charge in [0.1, 0.15) is 12.2 Å². The summed E-state index contributed by atoms with van der Waals surface area (Å²) in [5, 5.41) is 3.31. The Hall–Kier alpha value is -2.34. The summed E-state index contributed by atoms with van der Waals surface area (Å²) in [6.07, 6.45) is 2.40. The van der Waals surface area contributed by atoms with E-state index in [1.807, 2.05) is 13.1 Å². The highest BCUT2D eigenvalue weighted by Gasteiger charge is 2.42. The molecular weight excluding hydrogens is 328 g/mol. The number of fused-ring (bicyclic) bond motifs is 1. The normalized spacial score (nSPS) is 25.3. The maximum Gasteiger partial charge on any atom is 0.156 e. The zero-order valence-corrected chi connectivity index (χ0v) is 15.4. The Morgan fingerprint density at radius 2 is 2.00 bits per heavy atom. The van der Waals surface area contributed by atoms with E-state index in [0.717, 1.165) is 30.2 Å². The lowest BCUT2D eigenvalue weighted by atomic mass is 10.0. The topological polar surface area (TPSA) is 57.2 Å². The Balaban J connectivity index is 1.74. The van der Waals surface area contributed by atoms with Crippen molar-refractivity contribution in [1.29, 1.82) is 0 Å². The molecule has 1 saturated heterocycles. The Morgan fingerprint density at radius 1 is 1.27 bits per heavy atom. The van der Waals surface area contributed by atoms with Crippen LogP contribution in [0.25, 0.3) is 0 Å². The van der Waals surface area contributed by atoms with Gasteiger partial charge in [0.25, 0.3) is 0 Å². The Kier molecular flexibility index (Phi) is 4.68. The lowest BCUT2D eigenvalue weighted by Gasteiger charge is -2.38. The molecule has 3 aliphatic heterocycles. The number of aryl methyl sites for hydroxylation is 1. The van der Waals surface area contributed by atoms with Gasteiger partial charge >= 0.3 is 0 Å². The molecule has 26 heavy (non-hydrogen) atoms. The van der Waals surface area contributed by atoms with Crippen LogP contribution in [0.5, 0.6) is 0 Å². The molecule has 3 heterocycles. The molecule has 1 fully saturated rings. The fourth-order valence-electron chi connectivity index (χ4n) is 3.83. The minimum Gasteiger partial charge on any atom is -0.387 e. The van der Waals surface area contributed by atoms with Crippen LogP contribution in [0.15, 0.2) is 41.2 Å².